The van der Waals surface area contributed by atoms with Gasteiger partial charge in [-0.25, -0.2) is 0 Å². The van der Waals surface area contributed by atoms with Crippen molar-refractivity contribution in [2.24, 2.45) is 5.92 Å². The van der Waals surface area contributed by atoms with Crippen LogP contribution in [0.5, 0.6) is 0 Å². The smallest absolute Gasteiger partial charge is 0.0806 e. The fraction of sp³-hybridized carbons (Fsp3) is 0.429. The van der Waals surface area contributed by atoms with Crippen LogP contribution in [0.25, 0.3) is 10.1 Å². The second-order valence-electron chi connectivity index (χ2n) is 4.57. The Bertz CT molecular complexity index is 506. The largest absolute Gasteiger partial charge is 0.388 e. The molecule has 92 valence electrons. The molecule has 2 aromatic rings. The topological polar surface area (TPSA) is 20.2 Å². The molecule has 0 radical (unpaired) electrons. The third kappa shape index (κ3) is 2.72. The lowest BCUT2D eigenvalue weighted by Gasteiger charge is -2.14. The Kier molecular flexibility index (Phi) is 4.23. The van der Waals surface area contributed by atoms with E-state index in [2.05, 4.69) is 41.2 Å². The summed E-state index contributed by atoms with van der Waals surface area (Å²) in [6.45, 7) is 4.35. The quantitative estimate of drug-likeness (QED) is 0.829. The van der Waals surface area contributed by atoms with Gasteiger partial charge in [0.15, 0.2) is 0 Å². The van der Waals surface area contributed by atoms with Crippen molar-refractivity contribution >= 4 is 37.4 Å². The molecule has 0 amide bonds. The molecule has 0 aliphatic heterocycles. The molecule has 1 aromatic heterocycles. The lowest BCUT2D eigenvalue weighted by Crippen LogP contribution is -2.03. The van der Waals surface area contributed by atoms with Crippen LogP contribution in [0.15, 0.2) is 28.1 Å². The van der Waals surface area contributed by atoms with Gasteiger partial charge >= 0.3 is 0 Å². The van der Waals surface area contributed by atoms with Gasteiger partial charge in [0.05, 0.1) is 6.10 Å². The van der Waals surface area contributed by atoms with Crippen molar-refractivity contribution in [3.63, 3.8) is 0 Å². The average molecular weight is 313 g/mol. The zero-order chi connectivity index (χ0) is 12.4. The maximum Gasteiger partial charge on any atom is 0.0806 e. The molecule has 0 saturated carbocycles. The van der Waals surface area contributed by atoms with Crippen LogP contribution in [0.4, 0.5) is 0 Å². The van der Waals surface area contributed by atoms with E-state index >= 15 is 0 Å². The highest BCUT2D eigenvalue weighted by Gasteiger charge is 2.16. The Morgan fingerprint density at radius 3 is 2.88 bits per heavy atom. The zero-order valence-corrected chi connectivity index (χ0v) is 12.5. The summed E-state index contributed by atoms with van der Waals surface area (Å²) in [6, 6.07) is 6.16. The summed E-state index contributed by atoms with van der Waals surface area (Å²) in [5.74, 6) is 0.562. The molecule has 0 saturated heterocycles. The SMILES string of the molecule is CCC(C)CC(O)c1csc2c(Br)cccc12. The lowest BCUT2D eigenvalue weighted by molar-refractivity contribution is 0.148. The molecule has 0 aliphatic carbocycles. The summed E-state index contributed by atoms with van der Waals surface area (Å²) in [5, 5.41) is 13.6. The maximum absolute atomic E-state index is 10.3. The van der Waals surface area contributed by atoms with E-state index in [-0.39, 0.29) is 6.10 Å². The van der Waals surface area contributed by atoms with Gasteiger partial charge in [-0.1, -0.05) is 32.4 Å². The van der Waals surface area contributed by atoms with Crippen LogP contribution in [-0.4, -0.2) is 5.11 Å². The van der Waals surface area contributed by atoms with E-state index in [1.807, 2.05) is 12.1 Å². The molecule has 0 aliphatic rings. The summed E-state index contributed by atoms with van der Waals surface area (Å²) < 4.78 is 2.34. The molecule has 1 aromatic carbocycles. The van der Waals surface area contributed by atoms with E-state index in [0.717, 1.165) is 22.9 Å². The molecule has 1 N–H and O–H groups in total. The molecule has 17 heavy (non-hydrogen) atoms. The molecule has 1 heterocycles. The third-order valence-electron chi connectivity index (χ3n) is 3.26. The molecule has 0 fully saturated rings. The van der Waals surface area contributed by atoms with Gasteiger partial charge in [0, 0.05) is 9.17 Å². The average Bonchev–Trinajstić information content (AvgIpc) is 2.74. The van der Waals surface area contributed by atoms with E-state index in [9.17, 15) is 5.11 Å². The highest BCUT2D eigenvalue weighted by molar-refractivity contribution is 9.10. The highest BCUT2D eigenvalue weighted by Crippen LogP contribution is 2.37. The fourth-order valence-electron chi connectivity index (χ4n) is 1.97. The first kappa shape index (κ1) is 13.1. The molecule has 2 atom stereocenters. The molecule has 0 spiro atoms. The summed E-state index contributed by atoms with van der Waals surface area (Å²) in [6.07, 6.45) is 1.62. The Labute approximate surface area is 115 Å². The third-order valence-corrected chi connectivity index (χ3v) is 5.23. The summed E-state index contributed by atoms with van der Waals surface area (Å²) in [4.78, 5) is 0. The molecule has 2 rings (SSSR count). The van der Waals surface area contributed by atoms with Crippen molar-refractivity contribution in [1.29, 1.82) is 0 Å². The van der Waals surface area contributed by atoms with E-state index < -0.39 is 0 Å². The van der Waals surface area contributed by atoms with Crippen molar-refractivity contribution in [1.82, 2.24) is 0 Å². The van der Waals surface area contributed by atoms with Crippen molar-refractivity contribution in [3.05, 3.63) is 33.6 Å². The molecule has 0 bridgehead atoms. The van der Waals surface area contributed by atoms with Crippen molar-refractivity contribution in [2.45, 2.75) is 32.8 Å². The van der Waals surface area contributed by atoms with Crippen LogP contribution in [0, 0.1) is 5.92 Å². The normalized spacial score (nSPS) is 15.1. The summed E-state index contributed by atoms with van der Waals surface area (Å²) in [7, 11) is 0. The summed E-state index contributed by atoms with van der Waals surface area (Å²) in [5.41, 5.74) is 1.08. The second kappa shape index (κ2) is 5.51. The minimum absolute atomic E-state index is 0.340. The van der Waals surface area contributed by atoms with Gasteiger partial charge in [-0.3, -0.25) is 0 Å². The van der Waals surface area contributed by atoms with Gasteiger partial charge in [-0.05, 0) is 50.7 Å². The number of thiophene rings is 1. The van der Waals surface area contributed by atoms with E-state index in [0.29, 0.717) is 5.92 Å². The van der Waals surface area contributed by atoms with Crippen LogP contribution in [-0.2, 0) is 0 Å². The van der Waals surface area contributed by atoms with E-state index in [1.54, 1.807) is 11.3 Å². The van der Waals surface area contributed by atoms with Crippen LogP contribution >= 0.6 is 27.3 Å². The van der Waals surface area contributed by atoms with Gasteiger partial charge in [-0.2, -0.15) is 0 Å². The van der Waals surface area contributed by atoms with Crippen LogP contribution in [0.1, 0.15) is 38.4 Å². The Morgan fingerprint density at radius 1 is 1.41 bits per heavy atom. The Morgan fingerprint density at radius 2 is 2.18 bits per heavy atom. The predicted molar refractivity (Wildman–Crippen MR) is 78.6 cm³/mol. The molecular formula is C14H17BrOS. The number of rotatable bonds is 4. The molecular weight excluding hydrogens is 296 g/mol. The van der Waals surface area contributed by atoms with Crippen molar-refractivity contribution in [2.75, 3.05) is 0 Å². The van der Waals surface area contributed by atoms with E-state index in [4.69, 9.17) is 0 Å². The fourth-order valence-corrected chi connectivity index (χ4v) is 3.64. The van der Waals surface area contributed by atoms with Crippen LogP contribution in [0.2, 0.25) is 0 Å². The van der Waals surface area contributed by atoms with Gasteiger partial charge in [0.25, 0.3) is 0 Å². The predicted octanol–water partition coefficient (Wildman–Crippen LogP) is 5.13. The van der Waals surface area contributed by atoms with Gasteiger partial charge in [-0.15, -0.1) is 11.3 Å². The monoisotopic (exact) mass is 312 g/mol. The standard InChI is InChI=1S/C14H17BrOS/c1-3-9(2)7-13(16)11-8-17-14-10(11)5-4-6-12(14)15/h4-6,8-9,13,16H,3,7H2,1-2H3. The minimum Gasteiger partial charge on any atom is -0.388 e. The number of fused-ring (bicyclic) bond motifs is 1. The minimum atomic E-state index is -0.340. The number of aliphatic hydroxyl groups excluding tert-OH is 1. The second-order valence-corrected chi connectivity index (χ2v) is 6.31. The number of hydrogen-bond acceptors (Lipinski definition) is 2. The molecule has 2 unspecified atom stereocenters. The summed E-state index contributed by atoms with van der Waals surface area (Å²) >= 11 is 5.25. The zero-order valence-electron chi connectivity index (χ0n) is 10.1. The lowest BCUT2D eigenvalue weighted by atomic mass is 9.96. The maximum atomic E-state index is 10.3. The number of hydrogen-bond donors (Lipinski definition) is 1. The van der Waals surface area contributed by atoms with Gasteiger partial charge in [0.1, 0.15) is 0 Å². The van der Waals surface area contributed by atoms with Crippen LogP contribution < -0.4 is 0 Å². The van der Waals surface area contributed by atoms with E-state index in [1.165, 1.54) is 10.1 Å². The first-order chi connectivity index (χ1) is 8.13. The number of aliphatic hydroxyl groups is 1. The number of halogens is 1. The first-order valence-electron chi connectivity index (χ1n) is 5.97. The van der Waals surface area contributed by atoms with Crippen molar-refractivity contribution in [3.8, 4) is 0 Å². The molecule has 3 heteroatoms. The number of benzene rings is 1. The van der Waals surface area contributed by atoms with Crippen molar-refractivity contribution < 1.29 is 5.11 Å². The Hall–Kier alpha value is -0.380. The van der Waals surface area contributed by atoms with Gasteiger partial charge in [0.2, 0.25) is 0 Å². The van der Waals surface area contributed by atoms with Crippen LogP contribution in [0.3, 0.4) is 0 Å². The first-order valence-corrected chi connectivity index (χ1v) is 7.64. The highest BCUT2D eigenvalue weighted by atomic mass is 79.9. The van der Waals surface area contributed by atoms with Gasteiger partial charge < -0.3 is 5.11 Å². The molecule has 1 nitrogen and oxygen atoms in total. The Balaban J connectivity index is 2.33.